The maximum atomic E-state index is 13.9. The standard InChI is InChI=1S/C28H35N3O2/c1-21-10-12-24(13-11-21)27(32)30-18-16-29(17-19-30)26(23-7-3-4-8-23)28(33)31-15-14-22-6-2-5-9-25(22)20-31/h2,5-6,9-13,23,26H,3-4,7-8,14-20H2,1H3/t26-/m1/s1. The minimum absolute atomic E-state index is 0.0469. The Bertz CT molecular complexity index is 988. The molecule has 1 aliphatic carbocycles. The zero-order valence-electron chi connectivity index (χ0n) is 19.7. The van der Waals surface area contributed by atoms with Gasteiger partial charge in [0.1, 0.15) is 0 Å². The molecule has 0 N–H and O–H groups in total. The first-order valence-electron chi connectivity index (χ1n) is 12.6. The lowest BCUT2D eigenvalue weighted by Gasteiger charge is -2.43. The largest absolute Gasteiger partial charge is 0.337 e. The van der Waals surface area contributed by atoms with Crippen LogP contribution in [0.3, 0.4) is 0 Å². The second kappa shape index (κ2) is 9.68. The molecule has 0 aromatic heterocycles. The molecule has 5 nitrogen and oxygen atoms in total. The summed E-state index contributed by atoms with van der Waals surface area (Å²) in [5, 5.41) is 0. The number of amides is 2. The molecular weight excluding hydrogens is 410 g/mol. The third kappa shape index (κ3) is 4.70. The van der Waals surface area contributed by atoms with Crippen LogP contribution in [0.15, 0.2) is 48.5 Å². The first-order valence-corrected chi connectivity index (χ1v) is 12.6. The molecule has 1 atom stereocenters. The normalized spacial score (nSPS) is 20.5. The number of hydrogen-bond acceptors (Lipinski definition) is 3. The number of carbonyl (C=O) groups is 2. The number of fused-ring (bicyclic) bond motifs is 1. The van der Waals surface area contributed by atoms with Gasteiger partial charge in [0.2, 0.25) is 5.91 Å². The molecule has 2 heterocycles. The van der Waals surface area contributed by atoms with Crippen molar-refractivity contribution >= 4 is 11.8 Å². The molecule has 2 aromatic carbocycles. The van der Waals surface area contributed by atoms with Gasteiger partial charge in [0, 0.05) is 44.8 Å². The van der Waals surface area contributed by atoms with Gasteiger partial charge in [-0.25, -0.2) is 0 Å². The molecule has 1 saturated carbocycles. The topological polar surface area (TPSA) is 43.9 Å². The summed E-state index contributed by atoms with van der Waals surface area (Å²) in [6, 6.07) is 16.3. The zero-order chi connectivity index (χ0) is 22.8. The Morgan fingerprint density at radius 1 is 0.818 bits per heavy atom. The maximum absolute atomic E-state index is 13.9. The highest BCUT2D eigenvalue weighted by atomic mass is 16.2. The van der Waals surface area contributed by atoms with E-state index in [4.69, 9.17) is 0 Å². The van der Waals surface area contributed by atoms with Crippen molar-refractivity contribution in [2.24, 2.45) is 5.92 Å². The molecule has 1 saturated heterocycles. The Labute approximate surface area is 197 Å². The lowest BCUT2D eigenvalue weighted by Crippen LogP contribution is -2.58. The van der Waals surface area contributed by atoms with Crippen molar-refractivity contribution in [1.29, 1.82) is 0 Å². The molecule has 2 fully saturated rings. The Morgan fingerprint density at radius 3 is 2.18 bits per heavy atom. The predicted molar refractivity (Wildman–Crippen MR) is 130 cm³/mol. The van der Waals surface area contributed by atoms with Crippen LogP contribution in [-0.2, 0) is 17.8 Å². The Hall–Kier alpha value is -2.66. The van der Waals surface area contributed by atoms with Crippen LogP contribution in [0.4, 0.5) is 0 Å². The van der Waals surface area contributed by atoms with Gasteiger partial charge in [-0.15, -0.1) is 0 Å². The average Bonchev–Trinajstić information content (AvgIpc) is 3.39. The van der Waals surface area contributed by atoms with Crippen molar-refractivity contribution in [3.05, 3.63) is 70.8 Å². The molecular formula is C28H35N3O2. The number of nitrogens with zero attached hydrogens (tertiary/aromatic N) is 3. The SMILES string of the molecule is Cc1ccc(C(=O)N2CCN([C@@H](C(=O)N3CCc4ccccc4C3)C3CCCC3)CC2)cc1. The molecule has 0 bridgehead atoms. The molecule has 0 unspecified atom stereocenters. The number of aryl methyl sites for hydroxylation is 1. The number of piperazine rings is 1. The van der Waals surface area contributed by atoms with Gasteiger partial charge in [-0.2, -0.15) is 0 Å². The third-order valence-corrected chi connectivity index (χ3v) is 7.84. The van der Waals surface area contributed by atoms with E-state index in [1.807, 2.05) is 36.1 Å². The van der Waals surface area contributed by atoms with Gasteiger partial charge >= 0.3 is 0 Å². The molecule has 5 rings (SSSR count). The Morgan fingerprint density at radius 2 is 1.48 bits per heavy atom. The number of carbonyl (C=O) groups excluding carboxylic acids is 2. The number of hydrogen-bond donors (Lipinski definition) is 0. The van der Waals surface area contributed by atoms with Crippen LogP contribution in [0, 0.1) is 12.8 Å². The van der Waals surface area contributed by atoms with Gasteiger partial charge in [-0.1, -0.05) is 54.8 Å². The van der Waals surface area contributed by atoms with Crippen LogP contribution < -0.4 is 0 Å². The van der Waals surface area contributed by atoms with E-state index < -0.39 is 0 Å². The first-order chi connectivity index (χ1) is 16.1. The van der Waals surface area contributed by atoms with E-state index in [9.17, 15) is 9.59 Å². The van der Waals surface area contributed by atoms with Crippen LogP contribution in [0.5, 0.6) is 0 Å². The van der Waals surface area contributed by atoms with Gasteiger partial charge in [-0.05, 0) is 55.4 Å². The fourth-order valence-corrected chi connectivity index (χ4v) is 5.88. The third-order valence-electron chi connectivity index (χ3n) is 7.84. The maximum Gasteiger partial charge on any atom is 0.253 e. The van der Waals surface area contributed by atoms with E-state index >= 15 is 0 Å². The second-order valence-electron chi connectivity index (χ2n) is 9.96. The second-order valence-corrected chi connectivity index (χ2v) is 9.96. The van der Waals surface area contributed by atoms with E-state index in [-0.39, 0.29) is 11.9 Å². The van der Waals surface area contributed by atoms with Gasteiger partial charge in [0.05, 0.1) is 6.04 Å². The smallest absolute Gasteiger partial charge is 0.253 e. The Balaban J connectivity index is 1.27. The van der Waals surface area contributed by atoms with Crippen molar-refractivity contribution in [3.63, 3.8) is 0 Å². The van der Waals surface area contributed by atoms with E-state index in [2.05, 4.69) is 34.1 Å². The highest BCUT2D eigenvalue weighted by Crippen LogP contribution is 2.33. The molecule has 0 spiro atoms. The highest BCUT2D eigenvalue weighted by Gasteiger charge is 2.40. The number of benzene rings is 2. The molecule has 2 amide bonds. The Kier molecular flexibility index (Phi) is 6.50. The van der Waals surface area contributed by atoms with Crippen molar-refractivity contribution in [3.8, 4) is 0 Å². The van der Waals surface area contributed by atoms with E-state index in [0.29, 0.717) is 24.9 Å². The summed E-state index contributed by atoms with van der Waals surface area (Å²) < 4.78 is 0. The van der Waals surface area contributed by atoms with E-state index in [0.717, 1.165) is 56.6 Å². The summed E-state index contributed by atoms with van der Waals surface area (Å²) in [7, 11) is 0. The summed E-state index contributed by atoms with van der Waals surface area (Å²) in [6.45, 7) is 6.49. The summed E-state index contributed by atoms with van der Waals surface area (Å²) in [6.07, 6.45) is 5.68. The lowest BCUT2D eigenvalue weighted by molar-refractivity contribution is -0.141. The average molecular weight is 446 g/mol. The van der Waals surface area contributed by atoms with Crippen molar-refractivity contribution < 1.29 is 9.59 Å². The van der Waals surface area contributed by atoms with Crippen molar-refractivity contribution in [2.75, 3.05) is 32.7 Å². The van der Waals surface area contributed by atoms with Crippen LogP contribution in [-0.4, -0.2) is 65.3 Å². The van der Waals surface area contributed by atoms with Crippen molar-refractivity contribution in [1.82, 2.24) is 14.7 Å². The number of rotatable bonds is 4. The lowest BCUT2D eigenvalue weighted by atomic mass is 9.92. The molecule has 0 radical (unpaired) electrons. The molecule has 3 aliphatic rings. The molecule has 5 heteroatoms. The summed E-state index contributed by atoms with van der Waals surface area (Å²) in [5.74, 6) is 0.842. The highest BCUT2D eigenvalue weighted by molar-refractivity contribution is 5.94. The van der Waals surface area contributed by atoms with E-state index in [1.54, 1.807) is 0 Å². The fraction of sp³-hybridized carbons (Fsp3) is 0.500. The molecule has 33 heavy (non-hydrogen) atoms. The molecule has 2 aromatic rings. The van der Waals surface area contributed by atoms with Crippen LogP contribution in [0.1, 0.15) is 52.7 Å². The van der Waals surface area contributed by atoms with Gasteiger partial charge in [0.25, 0.3) is 5.91 Å². The van der Waals surface area contributed by atoms with Gasteiger partial charge in [-0.3, -0.25) is 14.5 Å². The van der Waals surface area contributed by atoms with Crippen LogP contribution in [0.2, 0.25) is 0 Å². The first kappa shape index (κ1) is 22.1. The summed E-state index contributed by atoms with van der Waals surface area (Å²) in [5.41, 5.74) is 4.58. The monoisotopic (exact) mass is 445 g/mol. The van der Waals surface area contributed by atoms with E-state index in [1.165, 1.54) is 24.0 Å². The fourth-order valence-electron chi connectivity index (χ4n) is 5.88. The molecule has 2 aliphatic heterocycles. The summed E-state index contributed by atoms with van der Waals surface area (Å²) in [4.78, 5) is 33.3. The molecule has 174 valence electrons. The van der Waals surface area contributed by atoms with Gasteiger partial charge in [0.15, 0.2) is 0 Å². The predicted octanol–water partition coefficient (Wildman–Crippen LogP) is 3.90. The zero-order valence-corrected chi connectivity index (χ0v) is 19.7. The van der Waals surface area contributed by atoms with Crippen LogP contribution in [0.25, 0.3) is 0 Å². The van der Waals surface area contributed by atoms with Crippen LogP contribution >= 0.6 is 0 Å². The minimum atomic E-state index is -0.0469. The summed E-state index contributed by atoms with van der Waals surface area (Å²) >= 11 is 0. The minimum Gasteiger partial charge on any atom is -0.337 e. The quantitative estimate of drug-likeness (QED) is 0.717. The van der Waals surface area contributed by atoms with Crippen molar-refractivity contribution in [2.45, 2.75) is 51.6 Å². The van der Waals surface area contributed by atoms with Gasteiger partial charge < -0.3 is 9.80 Å².